The molecule has 11 nitrogen and oxygen atoms in total. The van der Waals surface area contributed by atoms with Crippen molar-refractivity contribution < 1.29 is 49.3 Å². The zero-order valence-electron chi connectivity index (χ0n) is 57.0. The van der Waals surface area contributed by atoms with Gasteiger partial charge >= 0.3 is 5.97 Å². The summed E-state index contributed by atoms with van der Waals surface area (Å²) in [6.07, 6.45) is 78.4. The number of esters is 1. The summed E-state index contributed by atoms with van der Waals surface area (Å²) in [5.74, 6) is -1.21. The third-order valence-electron chi connectivity index (χ3n) is 16.7. The van der Waals surface area contributed by atoms with E-state index in [2.05, 4.69) is 123 Å². The Labute approximate surface area is 545 Å². The highest BCUT2D eigenvalue weighted by atomic mass is 16.7. The molecule has 6 N–H and O–H groups in total. The number of carbonyl (C=O) groups is 2. The molecule has 0 aliphatic carbocycles. The predicted octanol–water partition coefficient (Wildman–Crippen LogP) is 19.2. The number of ether oxygens (including phenoxy) is 3. The fourth-order valence-electron chi connectivity index (χ4n) is 10.9. The normalized spacial score (nSPS) is 18.8. The van der Waals surface area contributed by atoms with Crippen LogP contribution in [0.25, 0.3) is 0 Å². The van der Waals surface area contributed by atoms with Gasteiger partial charge in [-0.3, -0.25) is 9.59 Å². The van der Waals surface area contributed by atoms with E-state index in [0.717, 1.165) is 122 Å². The highest BCUT2D eigenvalue weighted by Gasteiger charge is 2.47. The molecule has 1 saturated heterocycles. The molecule has 1 amide bonds. The van der Waals surface area contributed by atoms with Crippen LogP contribution >= 0.6 is 0 Å². The highest BCUT2D eigenvalue weighted by Crippen LogP contribution is 2.26. The molecular formula is C78H135NO10. The van der Waals surface area contributed by atoms with Crippen LogP contribution in [0.3, 0.4) is 0 Å². The van der Waals surface area contributed by atoms with Crippen LogP contribution in [0, 0.1) is 0 Å². The van der Waals surface area contributed by atoms with Gasteiger partial charge in [-0.25, -0.2) is 0 Å². The molecular weight excluding hydrogens is 1110 g/mol. The number of carbonyl (C=O) groups excluding carboxylic acids is 2. The summed E-state index contributed by atoms with van der Waals surface area (Å²) in [6.45, 7) is 5.66. The zero-order valence-corrected chi connectivity index (χ0v) is 57.0. The van der Waals surface area contributed by atoms with Crippen molar-refractivity contribution in [3.8, 4) is 0 Å². The van der Waals surface area contributed by atoms with E-state index >= 15 is 0 Å². The number of rotatable bonds is 62. The van der Waals surface area contributed by atoms with Gasteiger partial charge in [0.1, 0.15) is 24.4 Å². The maximum Gasteiger partial charge on any atom is 0.306 e. The molecule has 0 aromatic heterocycles. The molecule has 11 heteroatoms. The number of amides is 1. The van der Waals surface area contributed by atoms with Gasteiger partial charge in [-0.2, -0.15) is 0 Å². The average molecular weight is 1250 g/mol. The first-order chi connectivity index (χ1) is 43.7. The van der Waals surface area contributed by atoms with Crippen LogP contribution < -0.4 is 5.32 Å². The van der Waals surface area contributed by atoms with Crippen LogP contribution in [0.4, 0.5) is 0 Å². The number of unbranched alkanes of at least 4 members (excludes halogenated alkanes) is 32. The van der Waals surface area contributed by atoms with E-state index in [4.69, 9.17) is 14.2 Å². The van der Waals surface area contributed by atoms with Gasteiger partial charge in [0.25, 0.3) is 0 Å². The molecule has 0 radical (unpaired) electrons. The van der Waals surface area contributed by atoms with E-state index in [1.165, 1.54) is 141 Å². The lowest BCUT2D eigenvalue weighted by molar-refractivity contribution is -0.305. The fourth-order valence-corrected chi connectivity index (χ4v) is 10.9. The van der Waals surface area contributed by atoms with Gasteiger partial charge in [-0.05, 0) is 109 Å². The lowest BCUT2D eigenvalue weighted by Gasteiger charge is -2.41. The standard InChI is InChI=1S/C78H135NO10/c1-4-7-10-13-16-19-22-24-26-28-30-32-34-36-38-40-42-44-46-48-51-54-57-60-63-66-73(83)89-76-75(85)74(84)72(67-80)88-78(76)87-68-69(70(81)64-61-58-55-52-49-21-18-15-12-9-6-3)79-77(86)71(82)65-62-59-56-53-50-47-45-43-41-39-37-35-33-31-29-27-25-23-20-17-14-11-8-5-2/h7,10,16-17,19-20,24-27,30,32,36,38,42,44,61,64,69-72,74-76,78,80-82,84-85H,4-6,8-9,11-15,18,21-23,28-29,31,33-35,37,39-41,43,45-60,62-63,65-68H2,1-3H3,(H,79,86)/b10-7-,19-16-,20-17-,26-24-,27-25-,32-30-,38-36-,44-42-,64-61+. The quantitative estimate of drug-likeness (QED) is 0.0195. The number of aliphatic hydroxyl groups is 5. The van der Waals surface area contributed by atoms with Crippen LogP contribution in [-0.2, 0) is 23.8 Å². The van der Waals surface area contributed by atoms with Gasteiger partial charge in [0.2, 0.25) is 5.91 Å². The Morgan fingerprint density at radius 1 is 0.449 bits per heavy atom. The second kappa shape index (κ2) is 64.4. The van der Waals surface area contributed by atoms with Crippen molar-refractivity contribution >= 4 is 11.9 Å². The van der Waals surface area contributed by atoms with Crippen LogP contribution in [0.1, 0.15) is 310 Å². The molecule has 0 aromatic carbocycles. The van der Waals surface area contributed by atoms with Crippen LogP contribution in [-0.4, -0.2) is 99.6 Å². The lowest BCUT2D eigenvalue weighted by Crippen LogP contribution is -2.61. The van der Waals surface area contributed by atoms with Gasteiger partial charge in [0.05, 0.1) is 25.4 Å². The first-order valence-electron chi connectivity index (χ1n) is 36.7. The van der Waals surface area contributed by atoms with E-state index in [9.17, 15) is 35.1 Å². The molecule has 1 rings (SSSR count). The summed E-state index contributed by atoms with van der Waals surface area (Å²) < 4.78 is 17.7. The minimum atomic E-state index is -1.63. The van der Waals surface area contributed by atoms with E-state index in [-0.39, 0.29) is 19.4 Å². The van der Waals surface area contributed by atoms with E-state index in [1.807, 2.05) is 6.08 Å². The molecule has 1 aliphatic heterocycles. The van der Waals surface area contributed by atoms with Crippen molar-refractivity contribution in [3.63, 3.8) is 0 Å². The number of aliphatic hydroxyl groups excluding tert-OH is 5. The first-order valence-corrected chi connectivity index (χ1v) is 36.7. The molecule has 0 saturated carbocycles. The van der Waals surface area contributed by atoms with E-state index < -0.39 is 67.4 Å². The van der Waals surface area contributed by atoms with Crippen molar-refractivity contribution in [1.82, 2.24) is 5.32 Å². The maximum atomic E-state index is 13.5. The Morgan fingerprint density at radius 2 is 0.809 bits per heavy atom. The molecule has 8 unspecified atom stereocenters. The number of nitrogens with one attached hydrogen (secondary N) is 1. The number of hydrogen-bond acceptors (Lipinski definition) is 10. The van der Waals surface area contributed by atoms with Crippen molar-refractivity contribution in [2.75, 3.05) is 13.2 Å². The molecule has 0 bridgehead atoms. The molecule has 1 heterocycles. The van der Waals surface area contributed by atoms with Gasteiger partial charge in [-0.15, -0.1) is 0 Å². The second-order valence-electron chi connectivity index (χ2n) is 24.9. The fraction of sp³-hybridized carbons (Fsp3) is 0.744. The molecule has 0 aromatic rings. The summed E-state index contributed by atoms with van der Waals surface area (Å²) in [4.78, 5) is 26.7. The topological polar surface area (TPSA) is 175 Å². The van der Waals surface area contributed by atoms with Gasteiger partial charge in [0, 0.05) is 6.42 Å². The lowest BCUT2D eigenvalue weighted by atomic mass is 9.99. The van der Waals surface area contributed by atoms with E-state index in [1.54, 1.807) is 6.08 Å². The van der Waals surface area contributed by atoms with Crippen LogP contribution in [0.5, 0.6) is 0 Å². The maximum absolute atomic E-state index is 13.5. The molecule has 1 fully saturated rings. The summed E-state index contributed by atoms with van der Waals surface area (Å²) in [5.41, 5.74) is 0. The van der Waals surface area contributed by atoms with Gasteiger partial charge in [0.15, 0.2) is 12.4 Å². The minimum absolute atomic E-state index is 0.102. The summed E-state index contributed by atoms with van der Waals surface area (Å²) in [6, 6.07) is -1.03. The third-order valence-corrected chi connectivity index (χ3v) is 16.7. The number of allylic oxidation sites excluding steroid dienone is 17. The van der Waals surface area contributed by atoms with Gasteiger partial charge in [-0.1, -0.05) is 304 Å². The Balaban J connectivity index is 2.55. The Kier molecular flexibility index (Phi) is 60.3. The predicted molar refractivity (Wildman–Crippen MR) is 375 cm³/mol. The second-order valence-corrected chi connectivity index (χ2v) is 24.9. The molecule has 8 atom stereocenters. The Morgan fingerprint density at radius 3 is 1.24 bits per heavy atom. The van der Waals surface area contributed by atoms with Crippen molar-refractivity contribution in [1.29, 1.82) is 0 Å². The molecule has 0 spiro atoms. The Hall–Kier alpha value is -3.68. The molecule has 512 valence electrons. The van der Waals surface area contributed by atoms with Gasteiger partial charge < -0.3 is 45.1 Å². The number of hydrogen-bond donors (Lipinski definition) is 6. The molecule has 1 aliphatic rings. The van der Waals surface area contributed by atoms with Crippen molar-refractivity contribution in [2.24, 2.45) is 0 Å². The minimum Gasteiger partial charge on any atom is -0.454 e. The third kappa shape index (κ3) is 51.5. The summed E-state index contributed by atoms with van der Waals surface area (Å²) in [5, 5.41) is 57.3. The molecule has 89 heavy (non-hydrogen) atoms. The largest absolute Gasteiger partial charge is 0.454 e. The first kappa shape index (κ1) is 83.3. The average Bonchev–Trinajstić information content (AvgIpc) is 3.71. The van der Waals surface area contributed by atoms with E-state index in [0.29, 0.717) is 12.8 Å². The van der Waals surface area contributed by atoms with Crippen molar-refractivity contribution in [2.45, 2.75) is 359 Å². The Bertz CT molecular complexity index is 1870. The van der Waals surface area contributed by atoms with Crippen LogP contribution in [0.2, 0.25) is 0 Å². The zero-order chi connectivity index (χ0) is 64.6. The smallest absolute Gasteiger partial charge is 0.306 e. The highest BCUT2D eigenvalue weighted by molar-refractivity contribution is 5.80. The van der Waals surface area contributed by atoms with Crippen molar-refractivity contribution in [3.05, 3.63) is 109 Å². The monoisotopic (exact) mass is 1250 g/mol. The van der Waals surface area contributed by atoms with Crippen LogP contribution in [0.15, 0.2) is 109 Å². The SMILES string of the molecule is CC/C=C\C/C=C\C/C=C\C/C=C\C/C=C\C/C=C\CCCCCCCCC(=O)OC1C(OCC(NC(=O)C(O)CCCCCCCCCCCCCCCC/C=C\C/C=C\CCCCC)C(O)/C=C/CCCCCCCCCCC)OC(CO)C(O)C1O. The summed E-state index contributed by atoms with van der Waals surface area (Å²) >= 11 is 0. The summed E-state index contributed by atoms with van der Waals surface area (Å²) in [7, 11) is 0.